The zero-order valence-corrected chi connectivity index (χ0v) is 17.4. The Morgan fingerprint density at radius 2 is 1.94 bits per heavy atom. The van der Waals surface area contributed by atoms with Gasteiger partial charge in [-0.3, -0.25) is 4.79 Å². The van der Waals surface area contributed by atoms with Crippen LogP contribution in [0, 0.1) is 6.92 Å². The number of thiophene rings is 1. The van der Waals surface area contributed by atoms with Gasteiger partial charge in [0.2, 0.25) is 0 Å². The monoisotopic (exact) mass is 439 g/mol. The molecule has 31 heavy (non-hydrogen) atoms. The van der Waals surface area contributed by atoms with Crippen LogP contribution in [-0.2, 0) is 11.3 Å². The van der Waals surface area contributed by atoms with Crippen LogP contribution < -0.4 is 11.3 Å². The van der Waals surface area contributed by atoms with Gasteiger partial charge < -0.3 is 15.6 Å². The summed E-state index contributed by atoms with van der Waals surface area (Å²) < 4.78 is 6.07. The van der Waals surface area contributed by atoms with E-state index < -0.39 is 17.5 Å². The molecule has 0 spiro atoms. The van der Waals surface area contributed by atoms with Crippen molar-refractivity contribution in [2.45, 2.75) is 20.4 Å². The zero-order chi connectivity index (χ0) is 22.3. The topological polar surface area (TPSA) is 150 Å². The molecular weight excluding hydrogens is 422 g/mol. The molecule has 0 radical (unpaired) electrons. The second-order valence-electron chi connectivity index (χ2n) is 6.64. The number of nitrogens with zero attached hydrogens (tertiary/aromatic N) is 4. The molecule has 0 aliphatic rings. The van der Waals surface area contributed by atoms with Gasteiger partial charge in [0.1, 0.15) is 22.1 Å². The predicted octanol–water partition coefficient (Wildman–Crippen LogP) is 2.22. The number of anilines is 1. The average molecular weight is 439 g/mol. The molecule has 0 bridgehead atoms. The fourth-order valence-electron chi connectivity index (χ4n) is 3.31. The van der Waals surface area contributed by atoms with Gasteiger partial charge in [-0.15, -0.1) is 11.3 Å². The van der Waals surface area contributed by atoms with Crippen molar-refractivity contribution in [3.63, 3.8) is 0 Å². The van der Waals surface area contributed by atoms with Crippen molar-refractivity contribution in [3.05, 3.63) is 56.6 Å². The number of nitrogens with two attached hydrogens (primary N) is 1. The normalized spacial score (nSPS) is 11.2. The van der Waals surface area contributed by atoms with E-state index in [-0.39, 0.29) is 41.3 Å². The molecule has 0 aliphatic heterocycles. The van der Waals surface area contributed by atoms with Crippen LogP contribution in [-0.4, -0.2) is 43.4 Å². The van der Waals surface area contributed by atoms with Crippen LogP contribution in [0.25, 0.3) is 21.0 Å². The third-order valence-electron chi connectivity index (χ3n) is 4.69. The van der Waals surface area contributed by atoms with Crippen LogP contribution in [0.1, 0.15) is 38.5 Å². The van der Waals surface area contributed by atoms with Crippen molar-refractivity contribution >= 4 is 50.1 Å². The highest BCUT2D eigenvalue weighted by molar-refractivity contribution is 7.20. The number of hydrogen-bond acceptors (Lipinski definition) is 9. The molecule has 11 heteroatoms. The lowest BCUT2D eigenvalue weighted by atomic mass is 10.1. The number of benzene rings is 1. The van der Waals surface area contributed by atoms with E-state index in [4.69, 9.17) is 10.5 Å². The Kier molecular flexibility index (Phi) is 5.11. The summed E-state index contributed by atoms with van der Waals surface area (Å²) in [7, 11) is 0. The van der Waals surface area contributed by atoms with E-state index in [1.54, 1.807) is 26.0 Å². The number of hydrogen-bond donors (Lipinski definition) is 2. The summed E-state index contributed by atoms with van der Waals surface area (Å²) in [6, 6.07) is 6.35. The lowest BCUT2D eigenvalue weighted by Crippen LogP contribution is -2.27. The number of esters is 1. The number of carboxylic acids is 1. The van der Waals surface area contributed by atoms with Gasteiger partial charge in [0, 0.05) is 5.39 Å². The van der Waals surface area contributed by atoms with Crippen molar-refractivity contribution in [1.29, 1.82) is 0 Å². The van der Waals surface area contributed by atoms with Gasteiger partial charge in [-0.2, -0.15) is 5.10 Å². The molecule has 0 saturated carbocycles. The maximum Gasteiger partial charge on any atom is 0.357 e. The Balaban J connectivity index is 1.83. The first-order valence-corrected chi connectivity index (χ1v) is 10.1. The van der Waals surface area contributed by atoms with Crippen LogP contribution in [0.3, 0.4) is 0 Å². The Labute approximate surface area is 178 Å². The number of aromatic nitrogens is 4. The maximum absolute atomic E-state index is 12.8. The number of fused-ring (bicyclic) bond motifs is 2. The van der Waals surface area contributed by atoms with E-state index in [2.05, 4.69) is 15.1 Å². The maximum atomic E-state index is 12.8. The number of carboxylic acid groups (broad SMARTS) is 1. The Morgan fingerprint density at radius 3 is 2.61 bits per heavy atom. The number of aryl methyl sites for hydroxylation is 1. The van der Waals surface area contributed by atoms with Crippen molar-refractivity contribution in [2.24, 2.45) is 0 Å². The summed E-state index contributed by atoms with van der Waals surface area (Å²) in [5.74, 6) is -1.41. The molecule has 3 heterocycles. The summed E-state index contributed by atoms with van der Waals surface area (Å²) in [6.45, 7) is 3.50. The molecule has 0 amide bonds. The molecule has 3 aromatic heterocycles. The van der Waals surface area contributed by atoms with Gasteiger partial charge in [-0.25, -0.2) is 24.2 Å². The first-order chi connectivity index (χ1) is 14.8. The number of carbonyl (C=O) groups excluding carboxylic acids is 1. The standard InChI is InChI=1S/C20H17N5O5S/c1-3-30-20(29)15-9(2)13-16(21)22-12(23-17(13)31-15)8-25-18(26)11-7-5-4-6-10(11)14(24-25)19(27)28/h4-7H,3,8H2,1-2H3,(H,27,28)(H2,21,22,23). The molecule has 0 atom stereocenters. The molecule has 3 N–H and O–H groups in total. The lowest BCUT2D eigenvalue weighted by molar-refractivity contribution is 0.0531. The Bertz CT molecular complexity index is 1430. The molecule has 0 aliphatic carbocycles. The van der Waals surface area contributed by atoms with Gasteiger partial charge in [0.15, 0.2) is 11.5 Å². The second kappa shape index (κ2) is 7.76. The van der Waals surface area contributed by atoms with E-state index in [0.29, 0.717) is 20.7 Å². The molecule has 0 unspecified atom stereocenters. The number of carbonyl (C=O) groups is 2. The van der Waals surface area contributed by atoms with Crippen LogP contribution in [0.15, 0.2) is 29.1 Å². The van der Waals surface area contributed by atoms with Crippen molar-refractivity contribution in [3.8, 4) is 0 Å². The Hall–Kier alpha value is -3.86. The minimum atomic E-state index is -1.26. The molecule has 158 valence electrons. The minimum absolute atomic E-state index is 0.150. The summed E-state index contributed by atoms with van der Waals surface area (Å²) in [5.41, 5.74) is 6.01. The van der Waals surface area contributed by atoms with E-state index >= 15 is 0 Å². The van der Waals surface area contributed by atoms with Crippen molar-refractivity contribution in [1.82, 2.24) is 19.7 Å². The van der Waals surface area contributed by atoms with Crippen molar-refractivity contribution < 1.29 is 19.4 Å². The quantitative estimate of drug-likeness (QED) is 0.446. The van der Waals surface area contributed by atoms with E-state index in [9.17, 15) is 19.5 Å². The molecule has 10 nitrogen and oxygen atoms in total. The number of aromatic carboxylic acids is 1. The number of nitrogen functional groups attached to an aromatic ring is 1. The highest BCUT2D eigenvalue weighted by Gasteiger charge is 2.21. The van der Waals surface area contributed by atoms with E-state index in [1.807, 2.05) is 0 Å². The van der Waals surface area contributed by atoms with Crippen LogP contribution in [0.4, 0.5) is 5.82 Å². The summed E-state index contributed by atoms with van der Waals surface area (Å²) in [6.07, 6.45) is 0. The van der Waals surface area contributed by atoms with E-state index in [0.717, 1.165) is 16.0 Å². The molecule has 0 saturated heterocycles. The van der Waals surface area contributed by atoms with Gasteiger partial charge in [-0.05, 0) is 25.5 Å². The fraction of sp³-hybridized carbons (Fsp3) is 0.200. The second-order valence-corrected chi connectivity index (χ2v) is 7.64. The van der Waals surface area contributed by atoms with Crippen LogP contribution in [0.5, 0.6) is 0 Å². The minimum Gasteiger partial charge on any atom is -0.476 e. The molecule has 4 rings (SSSR count). The van der Waals surface area contributed by atoms with Crippen LogP contribution in [0.2, 0.25) is 0 Å². The predicted molar refractivity (Wildman–Crippen MR) is 115 cm³/mol. The lowest BCUT2D eigenvalue weighted by Gasteiger charge is -2.09. The highest BCUT2D eigenvalue weighted by atomic mass is 32.1. The van der Waals surface area contributed by atoms with Gasteiger partial charge in [0.25, 0.3) is 5.56 Å². The van der Waals surface area contributed by atoms with Crippen molar-refractivity contribution in [2.75, 3.05) is 12.3 Å². The smallest absolute Gasteiger partial charge is 0.357 e. The molecular formula is C20H17N5O5S. The number of rotatable bonds is 5. The molecule has 1 aromatic carbocycles. The summed E-state index contributed by atoms with van der Waals surface area (Å²) in [5, 5.41) is 14.5. The number of ether oxygens (including phenoxy) is 1. The fourth-order valence-corrected chi connectivity index (χ4v) is 4.41. The van der Waals surface area contributed by atoms with Gasteiger partial charge in [-0.1, -0.05) is 18.2 Å². The first kappa shape index (κ1) is 20.4. The Morgan fingerprint density at radius 1 is 1.23 bits per heavy atom. The summed E-state index contributed by atoms with van der Waals surface area (Å²) in [4.78, 5) is 46.2. The largest absolute Gasteiger partial charge is 0.476 e. The van der Waals surface area contributed by atoms with Gasteiger partial charge >= 0.3 is 11.9 Å². The summed E-state index contributed by atoms with van der Waals surface area (Å²) >= 11 is 1.12. The first-order valence-electron chi connectivity index (χ1n) is 9.27. The highest BCUT2D eigenvalue weighted by Crippen LogP contribution is 2.33. The van der Waals surface area contributed by atoms with Crippen LogP contribution >= 0.6 is 11.3 Å². The average Bonchev–Trinajstić information content (AvgIpc) is 3.07. The third-order valence-corrected chi connectivity index (χ3v) is 5.85. The SMILES string of the molecule is CCOC(=O)c1sc2nc(Cn3nc(C(=O)O)c4ccccc4c3=O)nc(N)c2c1C. The third kappa shape index (κ3) is 3.48. The zero-order valence-electron chi connectivity index (χ0n) is 16.6. The molecule has 4 aromatic rings. The van der Waals surface area contributed by atoms with E-state index in [1.165, 1.54) is 12.1 Å². The molecule has 0 fully saturated rings. The van der Waals surface area contributed by atoms with Gasteiger partial charge in [0.05, 0.1) is 17.4 Å².